The van der Waals surface area contributed by atoms with Gasteiger partial charge in [-0.05, 0) is 44.2 Å². The summed E-state index contributed by atoms with van der Waals surface area (Å²) in [5.41, 5.74) is 2.60. The lowest BCUT2D eigenvalue weighted by Crippen LogP contribution is -2.21. The number of nitrogens with zero attached hydrogens (tertiary/aromatic N) is 2. The van der Waals surface area contributed by atoms with Crippen molar-refractivity contribution in [2.45, 2.75) is 19.9 Å². The summed E-state index contributed by atoms with van der Waals surface area (Å²) in [5, 5.41) is 13.8. The van der Waals surface area contributed by atoms with Crippen molar-refractivity contribution in [3.05, 3.63) is 75.2 Å². The van der Waals surface area contributed by atoms with Gasteiger partial charge >= 0.3 is 0 Å². The van der Waals surface area contributed by atoms with Crippen LogP contribution in [0.2, 0.25) is 5.02 Å². The van der Waals surface area contributed by atoms with Gasteiger partial charge in [0.25, 0.3) is 5.56 Å². The standard InChI is InChI=1S/C19H20ClN3O2/c1-12(16-11-14(20)9-10-17(16)24)21-18-13(2)22(3)23(19(18)25)15-7-5-4-6-8-15/h4-12,21,24H,1-3H3/t12-/m1/s1. The van der Waals surface area contributed by atoms with E-state index in [1.54, 1.807) is 22.9 Å². The first-order valence-corrected chi connectivity index (χ1v) is 8.37. The third kappa shape index (κ3) is 3.15. The Morgan fingerprint density at radius 2 is 1.84 bits per heavy atom. The summed E-state index contributed by atoms with van der Waals surface area (Å²) in [4.78, 5) is 12.9. The van der Waals surface area contributed by atoms with Gasteiger partial charge in [0.2, 0.25) is 0 Å². The van der Waals surface area contributed by atoms with Gasteiger partial charge in [0.05, 0.1) is 17.4 Å². The van der Waals surface area contributed by atoms with Crippen LogP contribution in [0.4, 0.5) is 5.69 Å². The molecule has 0 saturated carbocycles. The number of aromatic hydroxyl groups is 1. The van der Waals surface area contributed by atoms with Crippen LogP contribution in [0, 0.1) is 6.92 Å². The van der Waals surface area contributed by atoms with Crippen LogP contribution in [-0.2, 0) is 7.05 Å². The van der Waals surface area contributed by atoms with Crippen LogP contribution in [0.15, 0.2) is 53.3 Å². The summed E-state index contributed by atoms with van der Waals surface area (Å²) in [6.45, 7) is 3.76. The zero-order valence-corrected chi connectivity index (χ0v) is 15.1. The molecule has 1 atom stereocenters. The number of phenolic OH excluding ortho intramolecular Hbond substituents is 1. The number of rotatable bonds is 4. The zero-order chi connectivity index (χ0) is 18.1. The normalized spacial score (nSPS) is 12.2. The van der Waals surface area contributed by atoms with E-state index in [0.29, 0.717) is 16.3 Å². The van der Waals surface area contributed by atoms with Crippen molar-refractivity contribution in [1.82, 2.24) is 9.36 Å². The number of nitrogens with one attached hydrogen (secondary N) is 1. The van der Waals surface area contributed by atoms with Crippen molar-refractivity contribution >= 4 is 17.3 Å². The van der Waals surface area contributed by atoms with Gasteiger partial charge < -0.3 is 10.4 Å². The van der Waals surface area contributed by atoms with Crippen molar-refractivity contribution in [3.63, 3.8) is 0 Å². The van der Waals surface area contributed by atoms with Gasteiger partial charge in [-0.1, -0.05) is 29.8 Å². The Labute approximate surface area is 151 Å². The molecule has 3 aromatic rings. The lowest BCUT2D eigenvalue weighted by molar-refractivity contribution is 0.465. The Morgan fingerprint density at radius 3 is 2.52 bits per heavy atom. The highest BCUT2D eigenvalue weighted by Crippen LogP contribution is 2.29. The molecule has 0 spiro atoms. The monoisotopic (exact) mass is 357 g/mol. The molecule has 25 heavy (non-hydrogen) atoms. The molecule has 6 heteroatoms. The fourth-order valence-corrected chi connectivity index (χ4v) is 3.08. The highest BCUT2D eigenvalue weighted by molar-refractivity contribution is 6.30. The van der Waals surface area contributed by atoms with Crippen molar-refractivity contribution in [1.29, 1.82) is 0 Å². The summed E-state index contributed by atoms with van der Waals surface area (Å²) < 4.78 is 3.42. The largest absolute Gasteiger partial charge is 0.508 e. The summed E-state index contributed by atoms with van der Waals surface area (Å²) in [6.07, 6.45) is 0. The lowest BCUT2D eigenvalue weighted by Gasteiger charge is -2.16. The number of hydrogen-bond donors (Lipinski definition) is 2. The lowest BCUT2D eigenvalue weighted by atomic mass is 10.1. The molecule has 0 aliphatic heterocycles. The second-order valence-electron chi connectivity index (χ2n) is 6.01. The van der Waals surface area contributed by atoms with E-state index in [2.05, 4.69) is 5.32 Å². The number of benzene rings is 2. The first-order valence-electron chi connectivity index (χ1n) is 7.99. The van der Waals surface area contributed by atoms with Crippen LogP contribution in [0.5, 0.6) is 5.75 Å². The van der Waals surface area contributed by atoms with Crippen LogP contribution < -0.4 is 10.9 Å². The number of para-hydroxylation sites is 1. The molecule has 1 heterocycles. The summed E-state index contributed by atoms with van der Waals surface area (Å²) in [5.74, 6) is 0.140. The Bertz CT molecular complexity index is 961. The highest BCUT2D eigenvalue weighted by atomic mass is 35.5. The summed E-state index contributed by atoms with van der Waals surface area (Å²) in [6, 6.07) is 14.1. The molecule has 0 saturated heterocycles. The molecule has 2 aromatic carbocycles. The van der Waals surface area contributed by atoms with Crippen LogP contribution in [-0.4, -0.2) is 14.5 Å². The summed E-state index contributed by atoms with van der Waals surface area (Å²) >= 11 is 6.03. The molecule has 0 unspecified atom stereocenters. The molecule has 0 aliphatic rings. The van der Waals surface area contributed by atoms with E-state index in [1.165, 1.54) is 0 Å². The van der Waals surface area contributed by atoms with Crippen LogP contribution in [0.1, 0.15) is 24.2 Å². The fraction of sp³-hybridized carbons (Fsp3) is 0.211. The minimum atomic E-state index is -0.281. The molecule has 2 N–H and O–H groups in total. The number of hydrogen-bond acceptors (Lipinski definition) is 3. The smallest absolute Gasteiger partial charge is 0.295 e. The molecule has 1 aromatic heterocycles. The number of aromatic nitrogens is 2. The second kappa shape index (κ2) is 6.69. The molecule has 0 amide bonds. The van der Waals surface area contributed by atoms with E-state index in [9.17, 15) is 9.90 Å². The van der Waals surface area contributed by atoms with E-state index < -0.39 is 0 Å². The van der Waals surface area contributed by atoms with Crippen LogP contribution >= 0.6 is 11.6 Å². The van der Waals surface area contributed by atoms with E-state index in [4.69, 9.17) is 11.6 Å². The number of halogens is 1. The maximum Gasteiger partial charge on any atom is 0.295 e. The first-order chi connectivity index (χ1) is 11.9. The molecular weight excluding hydrogens is 338 g/mol. The molecule has 0 fully saturated rings. The van der Waals surface area contributed by atoms with Crippen molar-refractivity contribution < 1.29 is 5.11 Å². The Hall–Kier alpha value is -2.66. The highest BCUT2D eigenvalue weighted by Gasteiger charge is 2.19. The topological polar surface area (TPSA) is 59.2 Å². The third-order valence-corrected chi connectivity index (χ3v) is 4.61. The van der Waals surface area contributed by atoms with Crippen LogP contribution in [0.25, 0.3) is 5.69 Å². The van der Waals surface area contributed by atoms with E-state index in [1.807, 2.05) is 55.9 Å². The summed E-state index contributed by atoms with van der Waals surface area (Å²) in [7, 11) is 1.84. The Kier molecular flexibility index (Phi) is 4.59. The molecule has 5 nitrogen and oxygen atoms in total. The van der Waals surface area contributed by atoms with Gasteiger partial charge in [0, 0.05) is 17.6 Å². The number of phenols is 1. The van der Waals surface area contributed by atoms with Crippen molar-refractivity contribution in [3.8, 4) is 11.4 Å². The maximum absolute atomic E-state index is 12.9. The van der Waals surface area contributed by atoms with Crippen molar-refractivity contribution in [2.75, 3.05) is 5.32 Å². The molecule has 130 valence electrons. The van der Waals surface area contributed by atoms with Crippen molar-refractivity contribution in [2.24, 2.45) is 7.05 Å². The first kappa shape index (κ1) is 17.2. The maximum atomic E-state index is 12.9. The molecule has 3 rings (SSSR count). The van der Waals surface area contributed by atoms with Gasteiger partial charge in [0.1, 0.15) is 11.4 Å². The van der Waals surface area contributed by atoms with Gasteiger partial charge in [-0.2, -0.15) is 0 Å². The molecule has 0 bridgehead atoms. The minimum absolute atomic E-state index is 0.139. The SMILES string of the molecule is Cc1c(N[C@H](C)c2cc(Cl)ccc2O)c(=O)n(-c2ccccc2)n1C. The van der Waals surface area contributed by atoms with Gasteiger partial charge in [-0.15, -0.1) is 0 Å². The second-order valence-corrected chi connectivity index (χ2v) is 6.44. The Morgan fingerprint density at radius 1 is 1.16 bits per heavy atom. The van der Waals surface area contributed by atoms with Gasteiger partial charge in [-0.25, -0.2) is 4.68 Å². The van der Waals surface area contributed by atoms with E-state index >= 15 is 0 Å². The zero-order valence-electron chi connectivity index (χ0n) is 14.3. The average Bonchev–Trinajstić information content (AvgIpc) is 2.81. The minimum Gasteiger partial charge on any atom is -0.508 e. The van der Waals surface area contributed by atoms with Gasteiger partial charge in [0.15, 0.2) is 0 Å². The fourth-order valence-electron chi connectivity index (χ4n) is 2.90. The quantitative estimate of drug-likeness (QED) is 0.741. The van der Waals surface area contributed by atoms with E-state index in [0.717, 1.165) is 11.4 Å². The predicted octanol–water partition coefficient (Wildman–Crippen LogP) is 4.02. The molecule has 0 aliphatic carbocycles. The molecular formula is C19H20ClN3O2. The average molecular weight is 358 g/mol. The number of anilines is 1. The van der Waals surface area contributed by atoms with Gasteiger partial charge in [-0.3, -0.25) is 9.48 Å². The molecule has 0 radical (unpaired) electrons. The predicted molar refractivity (Wildman–Crippen MR) is 101 cm³/mol. The van der Waals surface area contributed by atoms with E-state index in [-0.39, 0.29) is 17.4 Å². The Balaban J connectivity index is 2.02. The van der Waals surface area contributed by atoms with Crippen LogP contribution in [0.3, 0.4) is 0 Å². The third-order valence-electron chi connectivity index (χ3n) is 4.37.